The molecular formula is C21H28N4O3S. The van der Waals surface area contributed by atoms with Crippen molar-refractivity contribution in [1.29, 1.82) is 0 Å². The van der Waals surface area contributed by atoms with E-state index in [0.29, 0.717) is 6.42 Å². The van der Waals surface area contributed by atoms with Gasteiger partial charge in [0.15, 0.2) is 0 Å². The largest absolute Gasteiger partial charge is 0.383 e. The fraction of sp³-hybridized carbons (Fsp3) is 0.667. The van der Waals surface area contributed by atoms with E-state index in [1.165, 1.54) is 10.4 Å². The zero-order valence-corrected chi connectivity index (χ0v) is 18.2. The van der Waals surface area contributed by atoms with Crippen LogP contribution in [0.5, 0.6) is 0 Å². The molecule has 3 aliphatic rings. The van der Waals surface area contributed by atoms with Crippen LogP contribution in [0.1, 0.15) is 55.4 Å². The van der Waals surface area contributed by atoms with Gasteiger partial charge in [0, 0.05) is 38.2 Å². The lowest BCUT2D eigenvalue weighted by atomic mass is 9.98. The monoisotopic (exact) mass is 416 g/mol. The predicted molar refractivity (Wildman–Crippen MR) is 112 cm³/mol. The minimum Gasteiger partial charge on any atom is -0.383 e. The highest BCUT2D eigenvalue weighted by Gasteiger charge is 2.43. The standard InChI is InChI=1S/C21H28N4O3S/c1-21(2)11-16(26)24-7-4-5-14(24)18-22-19-17(20(27)25(18)21)13-6-8-23(9-10-28-3)12-15(13)29-19/h14H,4-12H2,1-3H3/t14-/m1/s1. The fourth-order valence-electron chi connectivity index (χ4n) is 5.22. The van der Waals surface area contributed by atoms with Gasteiger partial charge in [0.05, 0.1) is 30.0 Å². The van der Waals surface area contributed by atoms with Gasteiger partial charge in [-0.1, -0.05) is 0 Å². The summed E-state index contributed by atoms with van der Waals surface area (Å²) in [7, 11) is 1.73. The van der Waals surface area contributed by atoms with Crippen LogP contribution in [-0.4, -0.2) is 58.6 Å². The summed E-state index contributed by atoms with van der Waals surface area (Å²) in [6.07, 6.45) is 3.07. The van der Waals surface area contributed by atoms with Gasteiger partial charge in [-0.3, -0.25) is 19.1 Å². The molecule has 2 aromatic rings. The van der Waals surface area contributed by atoms with E-state index in [0.717, 1.165) is 68.1 Å². The molecule has 7 nitrogen and oxygen atoms in total. The Labute approximate surface area is 174 Å². The maximum Gasteiger partial charge on any atom is 0.263 e. The maximum atomic E-state index is 13.8. The Kier molecular flexibility index (Phi) is 4.56. The predicted octanol–water partition coefficient (Wildman–Crippen LogP) is 2.26. The number of nitrogens with zero attached hydrogens (tertiary/aromatic N) is 4. The second-order valence-corrected chi connectivity index (χ2v) is 10.1. The number of amides is 1. The summed E-state index contributed by atoms with van der Waals surface area (Å²) >= 11 is 1.66. The summed E-state index contributed by atoms with van der Waals surface area (Å²) in [6, 6.07) is -0.0706. The Morgan fingerprint density at radius 1 is 1.28 bits per heavy atom. The Morgan fingerprint density at radius 3 is 2.90 bits per heavy atom. The lowest BCUT2D eigenvalue weighted by molar-refractivity contribution is -0.133. The van der Waals surface area contributed by atoms with Gasteiger partial charge in [-0.25, -0.2) is 4.98 Å². The number of hydrogen-bond donors (Lipinski definition) is 0. The number of rotatable bonds is 3. The molecule has 1 atom stereocenters. The highest BCUT2D eigenvalue weighted by molar-refractivity contribution is 7.18. The number of ether oxygens (including phenoxy) is 1. The number of hydrogen-bond acceptors (Lipinski definition) is 6. The molecule has 5 heterocycles. The van der Waals surface area contributed by atoms with Crippen LogP contribution in [0.2, 0.25) is 0 Å². The van der Waals surface area contributed by atoms with E-state index in [9.17, 15) is 9.59 Å². The molecule has 3 aliphatic heterocycles. The average Bonchev–Trinajstić information content (AvgIpc) is 3.27. The van der Waals surface area contributed by atoms with Crippen LogP contribution >= 0.6 is 11.3 Å². The SMILES string of the molecule is COCCN1CCc2c(sc3nc4n(c(=O)c23)C(C)(C)CC(=O)N2CCC[C@H]42)C1. The molecule has 0 spiro atoms. The summed E-state index contributed by atoms with van der Waals surface area (Å²) in [4.78, 5) is 38.1. The van der Waals surface area contributed by atoms with Gasteiger partial charge in [-0.15, -0.1) is 11.3 Å². The van der Waals surface area contributed by atoms with Crippen molar-refractivity contribution in [2.75, 3.05) is 33.4 Å². The Morgan fingerprint density at radius 2 is 2.10 bits per heavy atom. The summed E-state index contributed by atoms with van der Waals surface area (Å²) in [6.45, 7) is 8.17. The first-order chi connectivity index (χ1) is 13.9. The van der Waals surface area contributed by atoms with Crippen molar-refractivity contribution in [2.45, 2.75) is 57.7 Å². The van der Waals surface area contributed by atoms with Crippen molar-refractivity contribution in [3.63, 3.8) is 0 Å². The molecule has 0 unspecified atom stereocenters. The van der Waals surface area contributed by atoms with Gasteiger partial charge in [-0.2, -0.15) is 0 Å². The molecule has 29 heavy (non-hydrogen) atoms. The van der Waals surface area contributed by atoms with E-state index in [2.05, 4.69) is 4.90 Å². The molecule has 156 valence electrons. The minimum atomic E-state index is -0.566. The van der Waals surface area contributed by atoms with E-state index in [4.69, 9.17) is 9.72 Å². The lowest BCUT2D eigenvalue weighted by Gasteiger charge is -2.28. The molecule has 8 heteroatoms. The van der Waals surface area contributed by atoms with Gasteiger partial charge in [0.2, 0.25) is 5.91 Å². The number of carbonyl (C=O) groups is 1. The first-order valence-corrected chi connectivity index (χ1v) is 11.3. The Balaban J connectivity index is 1.67. The van der Waals surface area contributed by atoms with Crippen LogP contribution in [0.25, 0.3) is 10.2 Å². The maximum absolute atomic E-state index is 13.8. The van der Waals surface area contributed by atoms with Crippen molar-refractivity contribution < 1.29 is 9.53 Å². The van der Waals surface area contributed by atoms with Crippen LogP contribution in [0, 0.1) is 0 Å². The second-order valence-electron chi connectivity index (χ2n) is 9.05. The molecule has 1 amide bonds. The average molecular weight is 417 g/mol. The molecule has 5 rings (SSSR count). The van der Waals surface area contributed by atoms with Crippen molar-refractivity contribution in [1.82, 2.24) is 19.4 Å². The van der Waals surface area contributed by atoms with E-state index >= 15 is 0 Å². The van der Waals surface area contributed by atoms with Crippen LogP contribution in [-0.2, 0) is 28.0 Å². The van der Waals surface area contributed by atoms with E-state index in [1.54, 1.807) is 18.4 Å². The first-order valence-electron chi connectivity index (χ1n) is 10.5. The van der Waals surface area contributed by atoms with Crippen LogP contribution < -0.4 is 5.56 Å². The highest BCUT2D eigenvalue weighted by Crippen LogP contribution is 2.40. The third-order valence-corrected chi connectivity index (χ3v) is 7.76. The molecule has 0 bridgehead atoms. The number of methoxy groups -OCH3 is 1. The number of fused-ring (bicyclic) bond motifs is 6. The molecule has 1 fully saturated rings. The van der Waals surface area contributed by atoms with Crippen LogP contribution in [0.15, 0.2) is 4.79 Å². The smallest absolute Gasteiger partial charge is 0.263 e. The number of thiophene rings is 1. The van der Waals surface area contributed by atoms with E-state index in [-0.39, 0.29) is 17.5 Å². The van der Waals surface area contributed by atoms with Crippen molar-refractivity contribution in [2.24, 2.45) is 0 Å². The summed E-state index contributed by atoms with van der Waals surface area (Å²) in [5.41, 5.74) is 0.642. The molecule has 0 aromatic carbocycles. The quantitative estimate of drug-likeness (QED) is 0.768. The Hall–Kier alpha value is -1.77. The molecule has 0 N–H and O–H groups in total. The first kappa shape index (κ1) is 19.2. The van der Waals surface area contributed by atoms with Gasteiger partial charge in [0.1, 0.15) is 10.7 Å². The van der Waals surface area contributed by atoms with Crippen molar-refractivity contribution in [3.05, 3.63) is 26.6 Å². The number of carbonyl (C=O) groups excluding carboxylic acids is 1. The number of aromatic nitrogens is 2. The van der Waals surface area contributed by atoms with Gasteiger partial charge >= 0.3 is 0 Å². The van der Waals surface area contributed by atoms with E-state index in [1.807, 2.05) is 23.3 Å². The van der Waals surface area contributed by atoms with Crippen molar-refractivity contribution in [3.8, 4) is 0 Å². The van der Waals surface area contributed by atoms with Crippen LogP contribution in [0.3, 0.4) is 0 Å². The fourth-order valence-corrected chi connectivity index (χ4v) is 6.47. The van der Waals surface area contributed by atoms with Gasteiger partial charge < -0.3 is 9.64 Å². The van der Waals surface area contributed by atoms with Gasteiger partial charge in [0.25, 0.3) is 5.56 Å². The zero-order chi connectivity index (χ0) is 20.3. The van der Waals surface area contributed by atoms with Crippen molar-refractivity contribution >= 4 is 27.5 Å². The molecular weight excluding hydrogens is 388 g/mol. The molecule has 2 aromatic heterocycles. The van der Waals surface area contributed by atoms with Crippen LogP contribution in [0.4, 0.5) is 0 Å². The topological polar surface area (TPSA) is 67.7 Å². The third-order valence-electron chi connectivity index (χ3n) is 6.65. The van der Waals surface area contributed by atoms with E-state index < -0.39 is 5.54 Å². The normalized spacial score (nSPS) is 23.8. The third kappa shape index (κ3) is 2.95. The minimum absolute atomic E-state index is 0.0411. The Bertz CT molecular complexity index is 1040. The molecule has 0 radical (unpaired) electrons. The second kappa shape index (κ2) is 6.89. The summed E-state index contributed by atoms with van der Waals surface area (Å²) in [5.74, 6) is 0.923. The highest BCUT2D eigenvalue weighted by atomic mass is 32.1. The zero-order valence-electron chi connectivity index (χ0n) is 17.4. The lowest BCUT2D eigenvalue weighted by Crippen LogP contribution is -2.40. The van der Waals surface area contributed by atoms with Gasteiger partial charge in [-0.05, 0) is 38.7 Å². The molecule has 1 saturated heterocycles. The summed E-state index contributed by atoms with van der Waals surface area (Å²) < 4.78 is 7.08. The molecule has 0 aliphatic carbocycles. The molecule has 0 saturated carbocycles. The summed E-state index contributed by atoms with van der Waals surface area (Å²) in [5, 5.41) is 0.784.